The van der Waals surface area contributed by atoms with Crippen molar-refractivity contribution >= 4 is 46.1 Å². The smallest absolute Gasteiger partial charge is 0.414 e. The van der Waals surface area contributed by atoms with Gasteiger partial charge < -0.3 is 25.0 Å². The zero-order valence-electron chi connectivity index (χ0n) is 21.1. The van der Waals surface area contributed by atoms with Crippen molar-refractivity contribution in [3.8, 4) is 0 Å². The van der Waals surface area contributed by atoms with Crippen LogP contribution in [0.25, 0.3) is 11.0 Å². The largest absolute Gasteiger partial charge is 0.463 e. The summed E-state index contributed by atoms with van der Waals surface area (Å²) in [5.41, 5.74) is 7.53. The highest BCUT2D eigenvalue weighted by atomic mass is 16.6. The van der Waals surface area contributed by atoms with Crippen LogP contribution in [0.5, 0.6) is 0 Å². The molecule has 0 spiro atoms. The summed E-state index contributed by atoms with van der Waals surface area (Å²) < 4.78 is 15.5. The summed E-state index contributed by atoms with van der Waals surface area (Å²) in [6.45, 7) is 9.43. The number of nitrogens with one attached hydrogen (secondary N) is 1. The van der Waals surface area contributed by atoms with Gasteiger partial charge in [0.05, 0.1) is 29.9 Å². The number of anilines is 4. The van der Waals surface area contributed by atoms with Crippen LogP contribution in [0.2, 0.25) is 0 Å². The van der Waals surface area contributed by atoms with E-state index in [0.29, 0.717) is 28.6 Å². The lowest BCUT2D eigenvalue weighted by Crippen LogP contribution is -2.34. The quantitative estimate of drug-likeness (QED) is 0.480. The van der Waals surface area contributed by atoms with Crippen LogP contribution >= 0.6 is 0 Å². The number of carbonyl (C=O) groups excluding carboxylic acids is 2. The van der Waals surface area contributed by atoms with Crippen LogP contribution in [0.1, 0.15) is 31.3 Å². The standard InChI is InChI=1S/C25H27N7O5/c1-14-16(10-8-12-32(14)22-15(26)9-7-11-27-22)28-18-13-17(31(5)24(34)36-25(2,3)4)19-20(29-18)21(37-30-19)23(33)35-6/h7-13H,1,26H2,2-6H3,(H,28,29). The average molecular weight is 506 g/mol. The SMILES string of the molecule is C=C1C(Nc2cc(N(C)C(=O)OC(C)(C)C)c3noc(C(=O)OC)c3n2)=CC=CN1c1ncccc1N. The number of nitrogens with zero attached hydrogens (tertiary/aromatic N) is 5. The lowest BCUT2D eigenvalue weighted by Gasteiger charge is -2.28. The van der Waals surface area contributed by atoms with E-state index >= 15 is 0 Å². The lowest BCUT2D eigenvalue weighted by atomic mass is 10.2. The Morgan fingerprint density at radius 2 is 2.03 bits per heavy atom. The molecule has 192 valence electrons. The molecule has 0 atom stereocenters. The number of hydrogen-bond donors (Lipinski definition) is 2. The van der Waals surface area contributed by atoms with Gasteiger partial charge in [0, 0.05) is 25.5 Å². The number of rotatable bonds is 5. The van der Waals surface area contributed by atoms with Gasteiger partial charge in [-0.15, -0.1) is 0 Å². The van der Waals surface area contributed by atoms with Crippen molar-refractivity contribution in [1.82, 2.24) is 15.1 Å². The van der Waals surface area contributed by atoms with Crippen LogP contribution in [-0.2, 0) is 9.47 Å². The number of allylic oxidation sites excluding steroid dienone is 2. The summed E-state index contributed by atoms with van der Waals surface area (Å²) in [6.07, 6.45) is 6.36. The molecule has 12 nitrogen and oxygen atoms in total. The second kappa shape index (κ2) is 9.64. The van der Waals surface area contributed by atoms with Crippen LogP contribution in [-0.4, -0.2) is 46.9 Å². The van der Waals surface area contributed by atoms with Crippen LogP contribution in [0.3, 0.4) is 0 Å². The molecule has 4 rings (SSSR count). The molecule has 37 heavy (non-hydrogen) atoms. The Hall–Kier alpha value is -4.87. The van der Waals surface area contributed by atoms with Crippen LogP contribution in [0.15, 0.2) is 65.2 Å². The van der Waals surface area contributed by atoms with E-state index in [1.807, 2.05) is 0 Å². The maximum Gasteiger partial charge on any atom is 0.414 e. The summed E-state index contributed by atoms with van der Waals surface area (Å²) in [7, 11) is 2.74. The first-order valence-electron chi connectivity index (χ1n) is 11.2. The monoisotopic (exact) mass is 505 g/mol. The molecule has 0 saturated carbocycles. The first-order valence-corrected chi connectivity index (χ1v) is 11.2. The summed E-state index contributed by atoms with van der Waals surface area (Å²) in [4.78, 5) is 37.0. The molecule has 1 aliphatic heterocycles. The summed E-state index contributed by atoms with van der Waals surface area (Å²) in [5, 5.41) is 7.15. The summed E-state index contributed by atoms with van der Waals surface area (Å²) in [6, 6.07) is 5.06. The third-order valence-corrected chi connectivity index (χ3v) is 5.22. The molecular formula is C25H27N7O5. The molecule has 1 amide bonds. The Labute approximate surface area is 213 Å². The molecule has 3 N–H and O–H groups in total. The third-order valence-electron chi connectivity index (χ3n) is 5.22. The van der Waals surface area contributed by atoms with E-state index in [2.05, 4.69) is 27.0 Å². The Balaban J connectivity index is 1.74. The zero-order valence-corrected chi connectivity index (χ0v) is 21.1. The molecule has 3 aromatic rings. The number of pyridine rings is 2. The van der Waals surface area contributed by atoms with Gasteiger partial charge in [-0.3, -0.25) is 9.80 Å². The van der Waals surface area contributed by atoms with E-state index in [4.69, 9.17) is 19.7 Å². The van der Waals surface area contributed by atoms with Crippen LogP contribution in [0.4, 0.5) is 27.8 Å². The minimum Gasteiger partial charge on any atom is -0.463 e. The highest BCUT2D eigenvalue weighted by Crippen LogP contribution is 2.33. The van der Waals surface area contributed by atoms with Crippen LogP contribution < -0.4 is 20.9 Å². The highest BCUT2D eigenvalue weighted by molar-refractivity contribution is 6.06. The highest BCUT2D eigenvalue weighted by Gasteiger charge is 2.28. The first-order chi connectivity index (χ1) is 17.5. The van der Waals surface area contributed by atoms with Crippen molar-refractivity contribution in [3.05, 3.63) is 66.5 Å². The Morgan fingerprint density at radius 3 is 2.70 bits per heavy atom. The molecule has 4 heterocycles. The van der Waals surface area contributed by atoms with Gasteiger partial charge in [-0.1, -0.05) is 11.7 Å². The minimum atomic E-state index is -0.765. The van der Waals surface area contributed by atoms with Crippen LogP contribution in [0, 0.1) is 0 Å². The number of amides is 1. The number of carbonyl (C=O) groups is 2. The number of hydrogen-bond acceptors (Lipinski definition) is 11. The fourth-order valence-electron chi connectivity index (χ4n) is 3.48. The fourth-order valence-corrected chi connectivity index (χ4v) is 3.48. The third kappa shape index (κ3) is 5.08. The van der Waals surface area contributed by atoms with Crippen molar-refractivity contribution in [2.75, 3.05) is 35.0 Å². The van der Waals surface area contributed by atoms with Gasteiger partial charge in [0.1, 0.15) is 16.9 Å². The van der Waals surface area contributed by atoms with Gasteiger partial charge in [0.25, 0.3) is 5.76 Å². The van der Waals surface area contributed by atoms with Gasteiger partial charge in [-0.25, -0.2) is 19.6 Å². The molecular weight excluding hydrogens is 478 g/mol. The van der Waals surface area contributed by atoms with Gasteiger partial charge in [-0.2, -0.15) is 0 Å². The predicted octanol–water partition coefficient (Wildman–Crippen LogP) is 4.20. The average Bonchev–Trinajstić information content (AvgIpc) is 3.27. The van der Waals surface area contributed by atoms with E-state index in [0.717, 1.165) is 0 Å². The lowest BCUT2D eigenvalue weighted by molar-refractivity contribution is 0.0554. The molecule has 0 radical (unpaired) electrons. The minimum absolute atomic E-state index is 0.102. The zero-order chi connectivity index (χ0) is 26.9. The molecule has 12 heteroatoms. The second-order valence-corrected chi connectivity index (χ2v) is 9.05. The van der Waals surface area contributed by atoms with Gasteiger partial charge in [0.15, 0.2) is 11.3 Å². The Morgan fingerprint density at radius 1 is 1.27 bits per heavy atom. The molecule has 0 fully saturated rings. The van der Waals surface area contributed by atoms with E-state index in [-0.39, 0.29) is 22.6 Å². The molecule has 1 aliphatic rings. The number of nitrogen functional groups attached to an aromatic ring is 1. The predicted molar refractivity (Wildman–Crippen MR) is 139 cm³/mol. The topological polar surface area (TPSA) is 149 Å². The first kappa shape index (κ1) is 25.2. The second-order valence-electron chi connectivity index (χ2n) is 9.05. The van der Waals surface area contributed by atoms with E-state index in [1.165, 1.54) is 19.1 Å². The van der Waals surface area contributed by atoms with Gasteiger partial charge in [0.2, 0.25) is 0 Å². The molecule has 0 saturated heterocycles. The molecule has 0 aliphatic carbocycles. The van der Waals surface area contributed by atoms with E-state index in [1.54, 1.807) is 68.4 Å². The summed E-state index contributed by atoms with van der Waals surface area (Å²) in [5.74, 6) is -0.182. The van der Waals surface area contributed by atoms with E-state index in [9.17, 15) is 9.59 Å². The van der Waals surface area contributed by atoms with E-state index < -0.39 is 17.7 Å². The number of ether oxygens (including phenoxy) is 2. The number of nitrogens with two attached hydrogens (primary N) is 1. The van der Waals surface area contributed by atoms with Crippen molar-refractivity contribution in [2.45, 2.75) is 26.4 Å². The maximum absolute atomic E-state index is 12.8. The normalized spacial score (nSPS) is 13.4. The van der Waals surface area contributed by atoms with Crippen molar-refractivity contribution in [1.29, 1.82) is 0 Å². The van der Waals surface area contributed by atoms with Gasteiger partial charge >= 0.3 is 12.1 Å². The number of fused-ring (bicyclic) bond motifs is 1. The molecule has 3 aromatic heterocycles. The molecule has 0 aromatic carbocycles. The molecule has 0 unspecified atom stereocenters. The number of esters is 1. The fraction of sp³-hybridized carbons (Fsp3) is 0.240. The summed E-state index contributed by atoms with van der Waals surface area (Å²) >= 11 is 0. The van der Waals surface area contributed by atoms with Crippen molar-refractivity contribution < 1.29 is 23.6 Å². The Bertz CT molecular complexity index is 1450. The number of methoxy groups -OCH3 is 1. The van der Waals surface area contributed by atoms with Gasteiger partial charge in [-0.05, 0) is 45.1 Å². The van der Waals surface area contributed by atoms with Crippen molar-refractivity contribution in [3.63, 3.8) is 0 Å². The number of aromatic nitrogens is 3. The molecule has 0 bridgehead atoms. The Kier molecular flexibility index (Phi) is 6.58. The van der Waals surface area contributed by atoms with Crippen molar-refractivity contribution in [2.24, 2.45) is 0 Å². The maximum atomic E-state index is 12.8.